The van der Waals surface area contributed by atoms with E-state index in [9.17, 15) is 8.78 Å². The lowest BCUT2D eigenvalue weighted by molar-refractivity contribution is 0.583. The molecule has 1 N–H and O–H groups in total. The highest BCUT2D eigenvalue weighted by Gasteiger charge is 2.15. The van der Waals surface area contributed by atoms with Crippen molar-refractivity contribution in [3.8, 4) is 0 Å². The number of fused-ring (bicyclic) bond motifs is 1. The molecule has 0 radical (unpaired) electrons. The largest absolute Gasteiger partial charge is 0.376 e. The number of rotatable bonds is 5. The first-order chi connectivity index (χ1) is 11.2. The number of nitrogens with one attached hydrogen (secondary N) is 1. The summed E-state index contributed by atoms with van der Waals surface area (Å²) in [7, 11) is 0. The maximum absolute atomic E-state index is 14.0. The quantitative estimate of drug-likeness (QED) is 0.583. The lowest BCUT2D eigenvalue weighted by Gasteiger charge is -2.21. The van der Waals surface area contributed by atoms with E-state index in [0.717, 1.165) is 22.4 Å². The second-order valence-electron chi connectivity index (χ2n) is 5.41. The van der Waals surface area contributed by atoms with Crippen LogP contribution in [0.1, 0.15) is 18.0 Å². The van der Waals surface area contributed by atoms with Crippen molar-refractivity contribution in [3.63, 3.8) is 0 Å². The second kappa shape index (κ2) is 6.61. The van der Waals surface area contributed by atoms with Gasteiger partial charge in [0, 0.05) is 6.07 Å². The summed E-state index contributed by atoms with van der Waals surface area (Å²) >= 11 is 0. The Morgan fingerprint density at radius 1 is 1.00 bits per heavy atom. The minimum absolute atomic E-state index is 0.140. The molecule has 0 saturated heterocycles. The van der Waals surface area contributed by atoms with Crippen LogP contribution in [0.5, 0.6) is 0 Å². The molecule has 1 atom stereocenters. The molecular weight excluding hydrogens is 292 g/mol. The monoisotopic (exact) mass is 309 g/mol. The maximum Gasteiger partial charge on any atom is 0.149 e. The van der Waals surface area contributed by atoms with E-state index in [1.165, 1.54) is 12.1 Å². The van der Waals surface area contributed by atoms with Crippen LogP contribution in [0.3, 0.4) is 0 Å². The zero-order valence-electron chi connectivity index (χ0n) is 12.6. The minimum Gasteiger partial charge on any atom is -0.376 e. The zero-order valence-corrected chi connectivity index (χ0v) is 12.6. The third kappa shape index (κ3) is 3.24. The fourth-order valence-electron chi connectivity index (χ4n) is 2.78. The van der Waals surface area contributed by atoms with Gasteiger partial charge >= 0.3 is 0 Å². The molecule has 0 spiro atoms. The van der Waals surface area contributed by atoms with Gasteiger partial charge in [-0.15, -0.1) is 6.58 Å². The lowest BCUT2D eigenvalue weighted by Crippen LogP contribution is -2.11. The molecule has 0 aliphatic rings. The maximum atomic E-state index is 14.0. The van der Waals surface area contributed by atoms with Gasteiger partial charge in [0.2, 0.25) is 0 Å². The summed E-state index contributed by atoms with van der Waals surface area (Å²) in [5.74, 6) is -1.18. The van der Waals surface area contributed by atoms with Crippen LogP contribution in [-0.2, 0) is 0 Å². The predicted molar refractivity (Wildman–Crippen MR) is 91.5 cm³/mol. The molecule has 0 heterocycles. The average molecular weight is 309 g/mol. The van der Waals surface area contributed by atoms with Crippen molar-refractivity contribution in [2.75, 3.05) is 5.32 Å². The van der Waals surface area contributed by atoms with E-state index in [4.69, 9.17) is 0 Å². The highest BCUT2D eigenvalue weighted by molar-refractivity contribution is 5.86. The molecule has 0 bridgehead atoms. The van der Waals surface area contributed by atoms with Gasteiger partial charge in [0.15, 0.2) is 0 Å². The summed E-state index contributed by atoms with van der Waals surface area (Å²) in [4.78, 5) is 0. The Hall–Kier alpha value is -2.68. The number of anilines is 1. The minimum atomic E-state index is -0.598. The van der Waals surface area contributed by atoms with E-state index in [1.807, 2.05) is 42.5 Å². The fraction of sp³-hybridized carbons (Fsp3) is 0.100. The van der Waals surface area contributed by atoms with Crippen molar-refractivity contribution < 1.29 is 8.78 Å². The topological polar surface area (TPSA) is 12.0 Å². The van der Waals surface area contributed by atoms with Gasteiger partial charge in [-0.25, -0.2) is 8.78 Å². The van der Waals surface area contributed by atoms with E-state index in [0.29, 0.717) is 6.42 Å². The molecule has 3 rings (SSSR count). The first-order valence-electron chi connectivity index (χ1n) is 7.49. The van der Waals surface area contributed by atoms with Gasteiger partial charge in [-0.1, -0.05) is 48.5 Å². The Morgan fingerprint density at radius 3 is 2.57 bits per heavy atom. The molecule has 3 aromatic rings. The molecule has 1 nitrogen and oxygen atoms in total. The molecule has 0 fully saturated rings. The second-order valence-corrected chi connectivity index (χ2v) is 5.41. The Bertz CT molecular complexity index is 837. The first kappa shape index (κ1) is 15.2. The molecule has 0 saturated carbocycles. The van der Waals surface area contributed by atoms with Crippen molar-refractivity contribution in [2.24, 2.45) is 0 Å². The average Bonchev–Trinajstić information content (AvgIpc) is 2.56. The molecule has 23 heavy (non-hydrogen) atoms. The van der Waals surface area contributed by atoms with Gasteiger partial charge < -0.3 is 5.32 Å². The van der Waals surface area contributed by atoms with Crippen molar-refractivity contribution in [2.45, 2.75) is 12.5 Å². The number of benzene rings is 3. The number of hydrogen-bond acceptors (Lipinski definition) is 1. The molecule has 0 amide bonds. The van der Waals surface area contributed by atoms with Crippen molar-refractivity contribution in [3.05, 3.63) is 90.5 Å². The van der Waals surface area contributed by atoms with Crippen LogP contribution in [0, 0.1) is 11.6 Å². The van der Waals surface area contributed by atoms with Gasteiger partial charge in [-0.05, 0) is 34.9 Å². The Morgan fingerprint density at radius 2 is 1.78 bits per heavy atom. The van der Waals surface area contributed by atoms with Gasteiger partial charge in [0.1, 0.15) is 11.6 Å². The summed E-state index contributed by atoms with van der Waals surface area (Å²) in [5.41, 5.74) is 1.35. The third-order valence-corrected chi connectivity index (χ3v) is 3.86. The molecule has 116 valence electrons. The van der Waals surface area contributed by atoms with E-state index in [-0.39, 0.29) is 11.7 Å². The summed E-state index contributed by atoms with van der Waals surface area (Å²) in [6, 6.07) is 17.5. The third-order valence-electron chi connectivity index (χ3n) is 3.86. The molecular formula is C20H17F2N. The van der Waals surface area contributed by atoms with Crippen LogP contribution < -0.4 is 5.32 Å². The highest BCUT2D eigenvalue weighted by Crippen LogP contribution is 2.30. The molecule has 0 aliphatic carbocycles. The molecule has 1 unspecified atom stereocenters. The predicted octanol–water partition coefficient (Wildman–Crippen LogP) is 5.85. The van der Waals surface area contributed by atoms with Crippen LogP contribution in [0.15, 0.2) is 73.3 Å². The van der Waals surface area contributed by atoms with Gasteiger partial charge in [0.05, 0.1) is 11.7 Å². The fourth-order valence-corrected chi connectivity index (χ4v) is 2.78. The van der Waals surface area contributed by atoms with Gasteiger partial charge in [-0.2, -0.15) is 0 Å². The van der Waals surface area contributed by atoms with E-state index >= 15 is 0 Å². The number of halogens is 2. The van der Waals surface area contributed by atoms with E-state index in [1.54, 1.807) is 6.08 Å². The van der Waals surface area contributed by atoms with Crippen molar-refractivity contribution in [1.29, 1.82) is 0 Å². The standard InChI is InChI=1S/C20H17F2N/c1-2-6-19(23-20-12-11-15(21)13-18(20)22)17-10-5-8-14-7-3-4-9-16(14)17/h2-5,7-13,19,23H,1,6H2. The molecule has 3 heteroatoms. The first-order valence-corrected chi connectivity index (χ1v) is 7.49. The van der Waals surface area contributed by atoms with Crippen molar-refractivity contribution in [1.82, 2.24) is 0 Å². The zero-order chi connectivity index (χ0) is 16.2. The normalized spacial score (nSPS) is 12.1. The van der Waals surface area contributed by atoms with Crippen molar-refractivity contribution >= 4 is 16.5 Å². The molecule has 3 aromatic carbocycles. The smallest absolute Gasteiger partial charge is 0.149 e. The van der Waals surface area contributed by atoms with Crippen LogP contribution >= 0.6 is 0 Å². The summed E-state index contributed by atoms with van der Waals surface area (Å²) in [5, 5.41) is 5.40. The van der Waals surface area contributed by atoms with Crippen LogP contribution in [-0.4, -0.2) is 0 Å². The lowest BCUT2D eigenvalue weighted by atomic mass is 9.96. The van der Waals surface area contributed by atoms with Gasteiger partial charge in [-0.3, -0.25) is 0 Å². The highest BCUT2D eigenvalue weighted by atomic mass is 19.1. The molecule has 0 aromatic heterocycles. The van der Waals surface area contributed by atoms with E-state index < -0.39 is 11.6 Å². The van der Waals surface area contributed by atoms with E-state index in [2.05, 4.69) is 11.9 Å². The summed E-state index contributed by atoms with van der Waals surface area (Å²) < 4.78 is 27.0. The SMILES string of the molecule is C=CCC(Nc1ccc(F)cc1F)c1cccc2ccccc12. The van der Waals surface area contributed by atoms with Crippen LogP contribution in [0.2, 0.25) is 0 Å². The summed E-state index contributed by atoms with van der Waals surface area (Å²) in [6.07, 6.45) is 2.42. The summed E-state index contributed by atoms with van der Waals surface area (Å²) in [6.45, 7) is 3.79. The Balaban J connectivity index is 2.02. The Kier molecular flexibility index (Phi) is 4.38. The Labute approximate surface area is 134 Å². The van der Waals surface area contributed by atoms with Crippen LogP contribution in [0.4, 0.5) is 14.5 Å². The van der Waals surface area contributed by atoms with Crippen LogP contribution in [0.25, 0.3) is 10.8 Å². The number of hydrogen-bond donors (Lipinski definition) is 1. The molecule has 0 aliphatic heterocycles. The van der Waals surface area contributed by atoms with Gasteiger partial charge in [0.25, 0.3) is 0 Å².